The van der Waals surface area contributed by atoms with Crippen molar-refractivity contribution in [1.29, 1.82) is 5.26 Å². The average Bonchev–Trinajstić information content (AvgIpc) is 3.54. The molecule has 0 spiro atoms. The van der Waals surface area contributed by atoms with E-state index in [0.717, 1.165) is 75.5 Å². The Morgan fingerprint density at radius 1 is 1.17 bits per heavy atom. The summed E-state index contributed by atoms with van der Waals surface area (Å²) in [5.74, 6) is 0.0906. The van der Waals surface area contributed by atoms with Crippen LogP contribution in [-0.4, -0.2) is 35.5 Å². The summed E-state index contributed by atoms with van der Waals surface area (Å²) >= 11 is 0. The largest absolute Gasteiger partial charge is 0.375 e. The normalized spacial score (nSPS) is 20.7. The Morgan fingerprint density at radius 2 is 1.92 bits per heavy atom. The number of amides is 1. The van der Waals surface area contributed by atoms with Crippen molar-refractivity contribution < 1.29 is 9.53 Å². The quantitative estimate of drug-likeness (QED) is 0.452. The first-order valence-corrected chi connectivity index (χ1v) is 13.6. The van der Waals surface area contributed by atoms with Gasteiger partial charge in [0.15, 0.2) is 0 Å². The van der Waals surface area contributed by atoms with Crippen molar-refractivity contribution in [3.8, 4) is 6.07 Å². The van der Waals surface area contributed by atoms with Gasteiger partial charge in [-0.3, -0.25) is 4.79 Å². The van der Waals surface area contributed by atoms with Crippen molar-refractivity contribution >= 4 is 5.91 Å². The molecule has 1 heterocycles. The van der Waals surface area contributed by atoms with E-state index in [1.54, 1.807) is 0 Å². The summed E-state index contributed by atoms with van der Waals surface area (Å²) in [6.07, 6.45) is 8.77. The fraction of sp³-hybridized carbons (Fsp3) is 0.548. The first kappa shape index (κ1) is 26.4. The van der Waals surface area contributed by atoms with Crippen molar-refractivity contribution in [3.05, 3.63) is 70.8 Å². The molecule has 2 unspecified atom stereocenters. The molecule has 2 atom stereocenters. The summed E-state index contributed by atoms with van der Waals surface area (Å²) in [7, 11) is 0. The van der Waals surface area contributed by atoms with Crippen LogP contribution in [0.4, 0.5) is 0 Å². The Labute approximate surface area is 216 Å². The van der Waals surface area contributed by atoms with E-state index in [9.17, 15) is 10.1 Å². The highest BCUT2D eigenvalue weighted by Gasteiger charge is 2.37. The number of hydrogen-bond donors (Lipinski definition) is 1. The number of nitrogens with two attached hydrogens (primary N) is 1. The Balaban J connectivity index is 1.54. The Hall–Kier alpha value is -2.68. The Bertz CT molecular complexity index is 1070. The SMILES string of the molecule is CCCC1CCCN1C(=O)c1cc(COCC(C)(N)Cc2ccccc2)cc(C2(C#N)CCCC2)c1. The predicted octanol–water partition coefficient (Wildman–Crippen LogP) is 5.90. The van der Waals surface area contributed by atoms with Gasteiger partial charge >= 0.3 is 0 Å². The molecule has 1 saturated carbocycles. The molecule has 1 aliphatic carbocycles. The third-order valence-corrected chi connectivity index (χ3v) is 7.87. The summed E-state index contributed by atoms with van der Waals surface area (Å²) in [6, 6.07) is 19.2. The Morgan fingerprint density at radius 3 is 2.61 bits per heavy atom. The Kier molecular flexibility index (Phi) is 8.49. The minimum absolute atomic E-state index is 0.0906. The van der Waals surface area contributed by atoms with Crippen LogP contribution >= 0.6 is 0 Å². The number of nitriles is 1. The first-order valence-electron chi connectivity index (χ1n) is 13.6. The molecule has 4 rings (SSSR count). The van der Waals surface area contributed by atoms with Gasteiger partial charge in [0.2, 0.25) is 0 Å². The zero-order chi connectivity index (χ0) is 25.6. The second-order valence-electron chi connectivity index (χ2n) is 11.2. The van der Waals surface area contributed by atoms with Crippen LogP contribution < -0.4 is 5.73 Å². The van der Waals surface area contributed by atoms with Crippen LogP contribution in [0.25, 0.3) is 0 Å². The van der Waals surface area contributed by atoms with Gasteiger partial charge in [0.1, 0.15) is 0 Å². The fourth-order valence-corrected chi connectivity index (χ4v) is 6.04. The molecule has 2 aromatic rings. The second kappa shape index (κ2) is 11.6. The maximum absolute atomic E-state index is 13.7. The van der Waals surface area contributed by atoms with E-state index < -0.39 is 11.0 Å². The third kappa shape index (κ3) is 6.17. The zero-order valence-corrected chi connectivity index (χ0v) is 22.0. The molecule has 36 heavy (non-hydrogen) atoms. The molecule has 5 heteroatoms. The lowest BCUT2D eigenvalue weighted by molar-refractivity contribution is 0.0725. The van der Waals surface area contributed by atoms with E-state index in [4.69, 9.17) is 10.5 Å². The molecule has 0 bridgehead atoms. The summed E-state index contributed by atoms with van der Waals surface area (Å²) in [5, 5.41) is 10.1. The number of ether oxygens (including phenoxy) is 1. The lowest BCUT2D eigenvalue weighted by atomic mass is 9.79. The van der Waals surface area contributed by atoms with E-state index in [1.165, 1.54) is 5.56 Å². The van der Waals surface area contributed by atoms with Crippen molar-refractivity contribution in [2.45, 2.75) is 95.2 Å². The maximum atomic E-state index is 13.7. The fourth-order valence-electron chi connectivity index (χ4n) is 6.04. The number of nitrogens with zero attached hydrogens (tertiary/aromatic N) is 2. The number of benzene rings is 2. The van der Waals surface area contributed by atoms with Gasteiger partial charge in [-0.2, -0.15) is 5.26 Å². The first-order chi connectivity index (χ1) is 17.4. The van der Waals surface area contributed by atoms with E-state index in [1.807, 2.05) is 37.3 Å². The number of carbonyl (C=O) groups excluding carboxylic acids is 1. The second-order valence-corrected chi connectivity index (χ2v) is 11.2. The third-order valence-electron chi connectivity index (χ3n) is 7.87. The summed E-state index contributed by atoms with van der Waals surface area (Å²) in [5.41, 5.74) is 9.34. The molecule has 1 aliphatic heterocycles. The van der Waals surface area contributed by atoms with E-state index >= 15 is 0 Å². The van der Waals surface area contributed by atoms with Gasteiger partial charge in [0.25, 0.3) is 5.91 Å². The molecule has 192 valence electrons. The molecule has 2 fully saturated rings. The van der Waals surface area contributed by atoms with Crippen molar-refractivity contribution in [2.24, 2.45) is 5.73 Å². The molecule has 5 nitrogen and oxygen atoms in total. The molecular weight excluding hydrogens is 446 g/mol. The molecule has 1 amide bonds. The molecule has 2 aliphatic rings. The molecule has 2 N–H and O–H groups in total. The maximum Gasteiger partial charge on any atom is 0.254 e. The number of hydrogen-bond acceptors (Lipinski definition) is 4. The van der Waals surface area contributed by atoms with Crippen LogP contribution in [-0.2, 0) is 23.2 Å². The van der Waals surface area contributed by atoms with Gasteiger partial charge in [-0.1, -0.05) is 62.6 Å². The van der Waals surface area contributed by atoms with Gasteiger partial charge in [0, 0.05) is 23.7 Å². The summed E-state index contributed by atoms with van der Waals surface area (Å²) in [4.78, 5) is 15.7. The van der Waals surface area contributed by atoms with Crippen LogP contribution in [0, 0.1) is 11.3 Å². The highest BCUT2D eigenvalue weighted by molar-refractivity contribution is 5.95. The van der Waals surface area contributed by atoms with Gasteiger partial charge in [-0.25, -0.2) is 0 Å². The van der Waals surface area contributed by atoms with Crippen LogP contribution in [0.1, 0.15) is 92.3 Å². The van der Waals surface area contributed by atoms with Gasteiger partial charge in [-0.15, -0.1) is 0 Å². The monoisotopic (exact) mass is 487 g/mol. The highest BCUT2D eigenvalue weighted by Crippen LogP contribution is 2.41. The zero-order valence-electron chi connectivity index (χ0n) is 22.0. The lowest BCUT2D eigenvalue weighted by Crippen LogP contribution is -2.43. The van der Waals surface area contributed by atoms with Crippen molar-refractivity contribution in [2.75, 3.05) is 13.2 Å². The highest BCUT2D eigenvalue weighted by atomic mass is 16.5. The number of likely N-dealkylation sites (tertiary alicyclic amines) is 1. The van der Waals surface area contributed by atoms with Gasteiger partial charge in [0.05, 0.1) is 24.7 Å². The molecule has 1 saturated heterocycles. The van der Waals surface area contributed by atoms with Crippen LogP contribution in [0.15, 0.2) is 48.5 Å². The van der Waals surface area contributed by atoms with Crippen LogP contribution in [0.3, 0.4) is 0 Å². The van der Waals surface area contributed by atoms with Crippen LogP contribution in [0.5, 0.6) is 0 Å². The number of rotatable bonds is 10. The predicted molar refractivity (Wildman–Crippen MR) is 144 cm³/mol. The van der Waals surface area contributed by atoms with Crippen molar-refractivity contribution in [1.82, 2.24) is 4.90 Å². The molecule has 0 radical (unpaired) electrons. The summed E-state index contributed by atoms with van der Waals surface area (Å²) < 4.78 is 6.13. The van der Waals surface area contributed by atoms with Crippen molar-refractivity contribution in [3.63, 3.8) is 0 Å². The average molecular weight is 488 g/mol. The smallest absolute Gasteiger partial charge is 0.254 e. The molecule has 2 aromatic carbocycles. The topological polar surface area (TPSA) is 79.3 Å². The lowest BCUT2D eigenvalue weighted by Gasteiger charge is -2.27. The number of carbonyl (C=O) groups is 1. The van der Waals surface area contributed by atoms with Gasteiger partial charge < -0.3 is 15.4 Å². The van der Waals surface area contributed by atoms with Crippen LogP contribution in [0.2, 0.25) is 0 Å². The van der Waals surface area contributed by atoms with Gasteiger partial charge in [-0.05, 0) is 74.3 Å². The standard InChI is InChI=1S/C31H41N3O2/c1-3-10-28-13-9-16-34(28)29(35)26-17-25(18-27(19-26)31(22-32)14-7-8-15-31)21-36-23-30(2,33)20-24-11-5-4-6-12-24/h4-6,11-12,17-19,28H,3,7-10,13-16,20-21,23,33H2,1-2H3. The van der Waals surface area contributed by atoms with E-state index in [2.05, 4.69) is 36.1 Å². The molecular formula is C31H41N3O2. The minimum Gasteiger partial charge on any atom is -0.375 e. The van der Waals surface area contributed by atoms with E-state index in [-0.39, 0.29) is 5.91 Å². The summed E-state index contributed by atoms with van der Waals surface area (Å²) in [6.45, 7) is 5.78. The molecule has 0 aromatic heterocycles. The van der Waals surface area contributed by atoms with E-state index in [0.29, 0.717) is 24.8 Å². The minimum atomic E-state index is -0.505.